The summed E-state index contributed by atoms with van der Waals surface area (Å²) in [4.78, 5) is 0. The van der Waals surface area contributed by atoms with E-state index in [0.29, 0.717) is 6.61 Å². The Balaban J connectivity index is 2.98. The lowest BCUT2D eigenvalue weighted by molar-refractivity contribution is -0.127. The Morgan fingerprint density at radius 3 is 2.06 bits per heavy atom. The highest BCUT2D eigenvalue weighted by Crippen LogP contribution is 2.35. The van der Waals surface area contributed by atoms with Crippen LogP contribution in [0.15, 0.2) is 24.3 Å². The largest absolute Gasteiger partial charge is 0.385 e. The molecular weight excluding hydrogens is 212 g/mol. The molecule has 1 unspecified atom stereocenters. The third-order valence-electron chi connectivity index (χ3n) is 3.52. The molecule has 1 atom stereocenters. The number of aliphatic hydroxyl groups excluding tert-OH is 1. The van der Waals surface area contributed by atoms with E-state index >= 15 is 0 Å². The van der Waals surface area contributed by atoms with E-state index in [4.69, 9.17) is 4.74 Å². The third-order valence-corrected chi connectivity index (χ3v) is 3.52. The summed E-state index contributed by atoms with van der Waals surface area (Å²) < 4.78 is 5.82. The van der Waals surface area contributed by atoms with Gasteiger partial charge in [0.15, 0.2) is 0 Å². The maximum atomic E-state index is 10.5. The van der Waals surface area contributed by atoms with Crippen LogP contribution in [0.1, 0.15) is 50.8 Å². The van der Waals surface area contributed by atoms with E-state index in [9.17, 15) is 5.11 Å². The second-order valence-electron chi connectivity index (χ2n) is 4.52. The second kappa shape index (κ2) is 6.18. The van der Waals surface area contributed by atoms with Crippen LogP contribution >= 0.6 is 0 Å². The number of rotatable bonds is 6. The average Bonchev–Trinajstić information content (AvgIpc) is 2.36. The lowest BCUT2D eigenvalue weighted by Gasteiger charge is -2.36. The number of aliphatic hydroxyl groups is 1. The van der Waals surface area contributed by atoms with E-state index in [1.165, 1.54) is 5.56 Å². The van der Waals surface area contributed by atoms with E-state index in [2.05, 4.69) is 13.8 Å². The fourth-order valence-corrected chi connectivity index (χ4v) is 2.26. The molecule has 1 N–H and O–H groups in total. The van der Waals surface area contributed by atoms with Gasteiger partial charge in [-0.1, -0.05) is 43.7 Å². The Labute approximate surface area is 105 Å². The Morgan fingerprint density at radius 2 is 1.65 bits per heavy atom. The molecular formula is C15H24O2. The number of hydrogen-bond donors (Lipinski definition) is 1. The van der Waals surface area contributed by atoms with Crippen LogP contribution in [0.3, 0.4) is 0 Å². The average molecular weight is 236 g/mol. The Kier molecular flexibility index (Phi) is 5.16. The maximum absolute atomic E-state index is 10.5. The standard InChI is InChI=1S/C15H24O2/c1-5-15(6-2,17-7-3)14(16)13-10-8-12(4)9-11-13/h8-11,14,16H,5-7H2,1-4H3. The highest BCUT2D eigenvalue weighted by atomic mass is 16.5. The van der Waals surface area contributed by atoms with Crippen molar-refractivity contribution in [2.45, 2.75) is 52.2 Å². The van der Waals surface area contributed by atoms with E-state index in [1.54, 1.807) is 0 Å². The van der Waals surface area contributed by atoms with Crippen LogP contribution in [0.4, 0.5) is 0 Å². The molecule has 1 aromatic carbocycles. The predicted molar refractivity (Wildman–Crippen MR) is 71.1 cm³/mol. The fraction of sp³-hybridized carbons (Fsp3) is 0.600. The van der Waals surface area contributed by atoms with Gasteiger partial charge in [-0.2, -0.15) is 0 Å². The summed E-state index contributed by atoms with van der Waals surface area (Å²) in [5.74, 6) is 0. The van der Waals surface area contributed by atoms with Crippen molar-refractivity contribution in [2.24, 2.45) is 0 Å². The van der Waals surface area contributed by atoms with Crippen molar-refractivity contribution in [1.82, 2.24) is 0 Å². The van der Waals surface area contributed by atoms with Crippen LogP contribution in [0.5, 0.6) is 0 Å². The van der Waals surface area contributed by atoms with Gasteiger partial charge in [-0.25, -0.2) is 0 Å². The lowest BCUT2D eigenvalue weighted by Crippen LogP contribution is -2.38. The predicted octanol–water partition coefficient (Wildman–Crippen LogP) is 3.62. The first-order valence-electron chi connectivity index (χ1n) is 6.48. The number of aryl methyl sites for hydroxylation is 1. The molecule has 0 fully saturated rings. The van der Waals surface area contributed by atoms with Crippen molar-refractivity contribution < 1.29 is 9.84 Å². The first-order chi connectivity index (χ1) is 8.09. The zero-order valence-corrected chi connectivity index (χ0v) is 11.4. The highest BCUT2D eigenvalue weighted by Gasteiger charge is 2.36. The highest BCUT2D eigenvalue weighted by molar-refractivity contribution is 5.25. The minimum absolute atomic E-state index is 0.454. The van der Waals surface area contributed by atoms with Crippen molar-refractivity contribution in [2.75, 3.05) is 6.61 Å². The van der Waals surface area contributed by atoms with Crippen LogP contribution in [-0.2, 0) is 4.74 Å². The number of benzene rings is 1. The monoisotopic (exact) mass is 236 g/mol. The van der Waals surface area contributed by atoms with Crippen molar-refractivity contribution in [3.8, 4) is 0 Å². The van der Waals surface area contributed by atoms with Crippen LogP contribution in [0.25, 0.3) is 0 Å². The molecule has 0 saturated heterocycles. The first kappa shape index (κ1) is 14.2. The number of hydrogen-bond acceptors (Lipinski definition) is 2. The quantitative estimate of drug-likeness (QED) is 0.817. The minimum atomic E-state index is -0.557. The van der Waals surface area contributed by atoms with Gasteiger partial charge in [-0.15, -0.1) is 0 Å². The van der Waals surface area contributed by atoms with Gasteiger partial charge < -0.3 is 9.84 Å². The first-order valence-corrected chi connectivity index (χ1v) is 6.48. The van der Waals surface area contributed by atoms with Gasteiger partial charge in [-0.05, 0) is 32.3 Å². The van der Waals surface area contributed by atoms with Crippen LogP contribution in [-0.4, -0.2) is 17.3 Å². The molecule has 1 aromatic rings. The summed E-state index contributed by atoms with van der Waals surface area (Å²) in [6.07, 6.45) is 1.07. The van der Waals surface area contributed by atoms with E-state index in [1.807, 2.05) is 38.1 Å². The van der Waals surface area contributed by atoms with Crippen molar-refractivity contribution >= 4 is 0 Å². The fourth-order valence-electron chi connectivity index (χ4n) is 2.26. The molecule has 0 amide bonds. The van der Waals surface area contributed by atoms with Crippen molar-refractivity contribution in [3.63, 3.8) is 0 Å². The Morgan fingerprint density at radius 1 is 1.12 bits per heavy atom. The summed E-state index contributed by atoms with van der Waals surface area (Å²) in [6, 6.07) is 8.03. The van der Waals surface area contributed by atoms with E-state index in [0.717, 1.165) is 18.4 Å². The van der Waals surface area contributed by atoms with Crippen LogP contribution < -0.4 is 0 Å². The molecule has 0 aliphatic carbocycles. The second-order valence-corrected chi connectivity index (χ2v) is 4.52. The molecule has 1 rings (SSSR count). The zero-order chi connectivity index (χ0) is 12.9. The Bertz CT molecular complexity index is 325. The smallest absolute Gasteiger partial charge is 0.108 e. The van der Waals surface area contributed by atoms with Gasteiger partial charge >= 0.3 is 0 Å². The van der Waals surface area contributed by atoms with Gasteiger partial charge in [0, 0.05) is 6.61 Å². The molecule has 96 valence electrons. The lowest BCUT2D eigenvalue weighted by atomic mass is 9.86. The van der Waals surface area contributed by atoms with Gasteiger partial charge in [0.25, 0.3) is 0 Å². The minimum Gasteiger partial charge on any atom is -0.385 e. The third kappa shape index (κ3) is 3.08. The van der Waals surface area contributed by atoms with Gasteiger partial charge in [0.05, 0.1) is 5.60 Å². The normalized spacial score (nSPS) is 13.7. The summed E-state index contributed by atoms with van der Waals surface area (Å²) >= 11 is 0. The van der Waals surface area contributed by atoms with Gasteiger partial charge in [-0.3, -0.25) is 0 Å². The molecule has 0 heterocycles. The summed E-state index contributed by atoms with van der Waals surface area (Å²) in [5, 5.41) is 10.5. The number of ether oxygens (including phenoxy) is 1. The zero-order valence-electron chi connectivity index (χ0n) is 11.4. The van der Waals surface area contributed by atoms with Crippen LogP contribution in [0, 0.1) is 6.92 Å². The molecule has 2 nitrogen and oxygen atoms in total. The SMILES string of the molecule is CCOC(CC)(CC)C(O)c1ccc(C)cc1. The summed E-state index contributed by atoms with van der Waals surface area (Å²) in [7, 11) is 0. The molecule has 0 aliphatic rings. The molecule has 0 radical (unpaired) electrons. The van der Waals surface area contributed by atoms with Crippen molar-refractivity contribution in [3.05, 3.63) is 35.4 Å². The molecule has 0 aromatic heterocycles. The molecule has 2 heteroatoms. The molecule has 17 heavy (non-hydrogen) atoms. The van der Waals surface area contributed by atoms with Crippen LogP contribution in [0.2, 0.25) is 0 Å². The van der Waals surface area contributed by atoms with E-state index < -0.39 is 11.7 Å². The summed E-state index contributed by atoms with van der Waals surface area (Å²) in [6.45, 7) is 8.78. The van der Waals surface area contributed by atoms with E-state index in [-0.39, 0.29) is 0 Å². The molecule has 0 bridgehead atoms. The summed E-state index contributed by atoms with van der Waals surface area (Å²) in [5.41, 5.74) is 1.69. The van der Waals surface area contributed by atoms with Crippen molar-refractivity contribution in [1.29, 1.82) is 0 Å². The topological polar surface area (TPSA) is 29.5 Å². The van der Waals surface area contributed by atoms with Gasteiger partial charge in [0.1, 0.15) is 6.10 Å². The maximum Gasteiger partial charge on any atom is 0.108 e. The molecule has 0 aliphatic heterocycles. The van der Waals surface area contributed by atoms with Gasteiger partial charge in [0.2, 0.25) is 0 Å². The Hall–Kier alpha value is -0.860. The molecule has 0 saturated carbocycles. The molecule has 0 spiro atoms.